The number of hydrogen-bond donors (Lipinski definition) is 0. The number of thiophene rings is 1. The first-order valence-corrected chi connectivity index (χ1v) is 14.0. The Kier molecular flexibility index (Phi) is 6.95. The summed E-state index contributed by atoms with van der Waals surface area (Å²) in [6, 6.07) is 7.75. The zero-order valence-corrected chi connectivity index (χ0v) is 20.3. The van der Waals surface area contributed by atoms with Crippen molar-refractivity contribution in [2.45, 2.75) is 37.7 Å². The summed E-state index contributed by atoms with van der Waals surface area (Å²) in [7, 11) is -3.64. The Labute approximate surface area is 192 Å². The molecule has 0 bridgehead atoms. The molecule has 2 saturated heterocycles. The Balaban J connectivity index is 1.42. The summed E-state index contributed by atoms with van der Waals surface area (Å²) in [5.41, 5.74) is 2.26. The van der Waals surface area contributed by atoms with Crippen molar-refractivity contribution in [3.8, 4) is 5.75 Å². The third-order valence-corrected chi connectivity index (χ3v) is 9.69. The Morgan fingerprint density at radius 3 is 2.48 bits per heavy atom. The molecule has 168 valence electrons. The van der Waals surface area contributed by atoms with E-state index in [1.807, 2.05) is 13.8 Å². The topological polar surface area (TPSA) is 66.9 Å². The fourth-order valence-electron chi connectivity index (χ4n) is 3.92. The number of amides is 1. The number of carbonyl (C=O) groups is 1. The number of piperidine rings is 1. The van der Waals surface area contributed by atoms with E-state index in [9.17, 15) is 13.2 Å². The van der Waals surface area contributed by atoms with Crippen molar-refractivity contribution in [3.05, 3.63) is 45.6 Å². The standard InChI is InChI=1S/C22H28N2O4S3/c1-16-3-4-17(2)19(15-16)28-18-5-8-23(9-6-18)22(25)21-20(7-12-30-21)31(26,27)24-10-13-29-14-11-24/h3-4,7,12,15,18H,5-6,8-11,13-14H2,1-2H3. The number of likely N-dealkylation sites (tertiary alicyclic amines) is 1. The monoisotopic (exact) mass is 480 g/mol. The minimum absolute atomic E-state index is 0.0574. The van der Waals surface area contributed by atoms with E-state index >= 15 is 0 Å². The van der Waals surface area contributed by atoms with Gasteiger partial charge >= 0.3 is 0 Å². The minimum Gasteiger partial charge on any atom is -0.490 e. The lowest BCUT2D eigenvalue weighted by Gasteiger charge is -2.32. The molecule has 1 aromatic carbocycles. The highest BCUT2D eigenvalue weighted by atomic mass is 32.2. The number of rotatable bonds is 5. The molecule has 2 aliphatic rings. The molecule has 0 aliphatic carbocycles. The third kappa shape index (κ3) is 4.94. The van der Waals surface area contributed by atoms with Gasteiger partial charge in [0.15, 0.2) is 0 Å². The molecule has 0 spiro atoms. The number of benzene rings is 1. The Morgan fingerprint density at radius 1 is 1.06 bits per heavy atom. The second-order valence-corrected chi connectivity index (χ2v) is 12.1. The second-order valence-electron chi connectivity index (χ2n) is 8.01. The summed E-state index contributed by atoms with van der Waals surface area (Å²) in [5.74, 6) is 2.29. The van der Waals surface area contributed by atoms with Gasteiger partial charge in [0.1, 0.15) is 21.6 Å². The minimum atomic E-state index is -3.64. The normalized spacial score (nSPS) is 18.8. The number of thioether (sulfide) groups is 1. The van der Waals surface area contributed by atoms with Crippen molar-refractivity contribution < 1.29 is 17.9 Å². The number of carbonyl (C=O) groups excluding carboxylic acids is 1. The molecule has 2 fully saturated rings. The fourth-order valence-corrected chi connectivity index (χ4v) is 7.85. The van der Waals surface area contributed by atoms with Crippen LogP contribution in [-0.2, 0) is 10.0 Å². The Hall–Kier alpha value is -1.55. The van der Waals surface area contributed by atoms with E-state index in [1.165, 1.54) is 15.6 Å². The zero-order valence-electron chi connectivity index (χ0n) is 17.9. The molecular weight excluding hydrogens is 452 g/mol. The molecule has 0 atom stereocenters. The third-order valence-electron chi connectivity index (χ3n) is 5.78. The van der Waals surface area contributed by atoms with Crippen LogP contribution in [0.3, 0.4) is 0 Å². The molecule has 1 aromatic heterocycles. The maximum Gasteiger partial charge on any atom is 0.265 e. The molecule has 0 N–H and O–H groups in total. The van der Waals surface area contributed by atoms with Crippen LogP contribution in [0.15, 0.2) is 34.5 Å². The number of hydrogen-bond acceptors (Lipinski definition) is 6. The molecule has 0 unspecified atom stereocenters. The summed E-state index contributed by atoms with van der Waals surface area (Å²) in [5, 5.41) is 1.70. The lowest BCUT2D eigenvalue weighted by molar-refractivity contribution is 0.0595. The van der Waals surface area contributed by atoms with E-state index in [4.69, 9.17) is 4.74 Å². The van der Waals surface area contributed by atoms with Gasteiger partial charge < -0.3 is 9.64 Å². The zero-order chi connectivity index (χ0) is 22.0. The smallest absolute Gasteiger partial charge is 0.265 e. The van der Waals surface area contributed by atoms with E-state index in [1.54, 1.807) is 28.1 Å². The van der Waals surface area contributed by atoms with Crippen molar-refractivity contribution in [1.82, 2.24) is 9.21 Å². The summed E-state index contributed by atoms with van der Waals surface area (Å²) in [4.78, 5) is 15.4. The SMILES string of the molecule is Cc1ccc(C)c(OC2CCN(C(=O)c3sccc3S(=O)(=O)N3CCSCC3)CC2)c1. The Morgan fingerprint density at radius 2 is 1.77 bits per heavy atom. The highest BCUT2D eigenvalue weighted by Crippen LogP contribution is 2.30. The summed E-state index contributed by atoms with van der Waals surface area (Å²) in [6.45, 7) is 6.20. The molecule has 2 aliphatic heterocycles. The van der Waals surface area contributed by atoms with Crippen LogP contribution < -0.4 is 4.74 Å². The molecule has 6 nitrogen and oxygen atoms in total. The van der Waals surface area contributed by atoms with E-state index in [-0.39, 0.29) is 16.9 Å². The summed E-state index contributed by atoms with van der Waals surface area (Å²) >= 11 is 2.97. The molecule has 0 saturated carbocycles. The quantitative estimate of drug-likeness (QED) is 0.652. The average molecular weight is 481 g/mol. The van der Waals surface area contributed by atoms with Crippen molar-refractivity contribution in [2.24, 2.45) is 0 Å². The highest BCUT2D eigenvalue weighted by Gasteiger charge is 2.34. The van der Waals surface area contributed by atoms with Crippen LogP contribution in [0.25, 0.3) is 0 Å². The van der Waals surface area contributed by atoms with Gasteiger partial charge in [-0.1, -0.05) is 12.1 Å². The molecule has 1 amide bonds. The predicted octanol–water partition coefficient (Wildman–Crippen LogP) is 3.79. The number of ether oxygens (including phenoxy) is 1. The van der Waals surface area contributed by atoms with E-state index in [2.05, 4.69) is 18.2 Å². The van der Waals surface area contributed by atoms with E-state index in [0.717, 1.165) is 41.2 Å². The summed E-state index contributed by atoms with van der Waals surface area (Å²) < 4.78 is 33.9. The number of nitrogens with zero attached hydrogens (tertiary/aromatic N) is 2. The van der Waals surface area contributed by atoms with Gasteiger partial charge in [0.05, 0.1) is 0 Å². The number of sulfonamides is 1. The van der Waals surface area contributed by atoms with Gasteiger partial charge in [-0.2, -0.15) is 16.1 Å². The molecule has 4 rings (SSSR count). The van der Waals surface area contributed by atoms with Gasteiger partial charge in [0, 0.05) is 50.5 Å². The lowest BCUT2D eigenvalue weighted by atomic mass is 10.1. The van der Waals surface area contributed by atoms with Gasteiger partial charge in [0.2, 0.25) is 10.0 Å². The predicted molar refractivity (Wildman–Crippen MR) is 126 cm³/mol. The molecular formula is C22H28N2O4S3. The maximum absolute atomic E-state index is 13.2. The average Bonchev–Trinajstić information content (AvgIpc) is 3.28. The van der Waals surface area contributed by atoms with E-state index in [0.29, 0.717) is 31.1 Å². The first-order chi connectivity index (χ1) is 14.9. The van der Waals surface area contributed by atoms with Gasteiger partial charge in [0.25, 0.3) is 5.91 Å². The van der Waals surface area contributed by atoms with Gasteiger partial charge in [-0.15, -0.1) is 11.3 Å². The van der Waals surface area contributed by atoms with Crippen LogP contribution in [0.2, 0.25) is 0 Å². The lowest BCUT2D eigenvalue weighted by Crippen LogP contribution is -2.42. The fraction of sp³-hybridized carbons (Fsp3) is 0.500. The molecule has 31 heavy (non-hydrogen) atoms. The number of aryl methyl sites for hydroxylation is 2. The van der Waals surface area contributed by atoms with Gasteiger partial charge in [-0.25, -0.2) is 8.42 Å². The molecule has 2 aromatic rings. The van der Waals surface area contributed by atoms with Crippen LogP contribution in [0.5, 0.6) is 5.75 Å². The summed E-state index contributed by atoms with van der Waals surface area (Å²) in [6.07, 6.45) is 1.52. The maximum atomic E-state index is 13.2. The second kappa shape index (κ2) is 9.52. The highest BCUT2D eigenvalue weighted by molar-refractivity contribution is 7.99. The Bertz CT molecular complexity index is 1040. The van der Waals surface area contributed by atoms with Crippen LogP contribution in [0.1, 0.15) is 33.6 Å². The molecule has 9 heteroatoms. The first-order valence-electron chi connectivity index (χ1n) is 10.5. The van der Waals surface area contributed by atoms with Crippen LogP contribution >= 0.6 is 23.1 Å². The van der Waals surface area contributed by atoms with Crippen molar-refractivity contribution in [3.63, 3.8) is 0 Å². The molecule has 0 radical (unpaired) electrons. The van der Waals surface area contributed by atoms with Crippen molar-refractivity contribution in [1.29, 1.82) is 0 Å². The van der Waals surface area contributed by atoms with Gasteiger partial charge in [-0.3, -0.25) is 4.79 Å². The van der Waals surface area contributed by atoms with Crippen LogP contribution in [-0.4, -0.2) is 67.3 Å². The first kappa shape index (κ1) is 22.6. The van der Waals surface area contributed by atoms with Crippen molar-refractivity contribution >= 4 is 39.0 Å². The largest absolute Gasteiger partial charge is 0.490 e. The van der Waals surface area contributed by atoms with Crippen molar-refractivity contribution in [2.75, 3.05) is 37.7 Å². The molecule has 3 heterocycles. The van der Waals surface area contributed by atoms with Crippen LogP contribution in [0, 0.1) is 13.8 Å². The van der Waals surface area contributed by atoms with Crippen LogP contribution in [0.4, 0.5) is 0 Å². The van der Waals surface area contributed by atoms with E-state index < -0.39 is 10.0 Å². The van der Waals surface area contributed by atoms with Gasteiger partial charge in [-0.05, 0) is 42.5 Å².